The van der Waals surface area contributed by atoms with Gasteiger partial charge in [-0.15, -0.1) is 0 Å². The molecule has 1 heterocycles. The van der Waals surface area contributed by atoms with Gasteiger partial charge in [-0.3, -0.25) is 14.9 Å². The molecule has 1 aromatic carbocycles. The van der Waals surface area contributed by atoms with E-state index >= 15 is 0 Å². The summed E-state index contributed by atoms with van der Waals surface area (Å²) in [5, 5.41) is 12.1. The highest BCUT2D eigenvalue weighted by atomic mass is 35.5. The second kappa shape index (κ2) is 13.1. The van der Waals surface area contributed by atoms with E-state index in [4.69, 9.17) is 21.4 Å². The van der Waals surface area contributed by atoms with E-state index < -0.39 is 21.9 Å². The van der Waals surface area contributed by atoms with Crippen molar-refractivity contribution < 1.29 is 27.9 Å². The molecule has 12 heteroatoms. The van der Waals surface area contributed by atoms with E-state index in [1.54, 1.807) is 12.1 Å². The number of hydrogen-bond acceptors (Lipinski definition) is 7. The lowest BCUT2D eigenvalue weighted by molar-refractivity contribution is -0.137. The normalized spacial score (nSPS) is 15.2. The van der Waals surface area contributed by atoms with Crippen molar-refractivity contribution in [3.63, 3.8) is 0 Å². The Hall–Kier alpha value is -2.60. The Kier molecular flexibility index (Phi) is 10.2. The number of aliphatic carboxylic acids is 1. The van der Waals surface area contributed by atoms with Crippen LogP contribution in [0.2, 0.25) is 5.02 Å². The first-order valence-electron chi connectivity index (χ1n) is 11.8. The molecule has 0 unspecified atom stereocenters. The largest absolute Gasteiger partial charge is 0.481 e. The lowest BCUT2D eigenvalue weighted by Crippen LogP contribution is -2.35. The SMILES string of the molecule is COCCN(CCC(=O)O)S(=O)(=O)c1ccc([C@@H](CC2CCCC2)C(=O)Nc2ncc(Cl)cn2)cc1. The molecule has 1 aliphatic rings. The molecular weight excluding hydrogens is 508 g/mol. The monoisotopic (exact) mass is 538 g/mol. The maximum Gasteiger partial charge on any atom is 0.304 e. The molecule has 1 aromatic heterocycles. The Morgan fingerprint density at radius 1 is 1.17 bits per heavy atom. The average molecular weight is 539 g/mol. The standard InChI is InChI=1S/C24H31ClN4O6S/c1-35-13-12-29(11-10-22(30)31)36(33,34)20-8-6-18(7-9-20)21(14-17-4-2-3-5-17)23(32)28-24-26-15-19(25)16-27-24/h6-9,15-17,21H,2-5,10-14H2,1H3,(H,30,31)(H,26,27,28,32)/t21-/m1/s1. The van der Waals surface area contributed by atoms with Gasteiger partial charge in [0.15, 0.2) is 0 Å². The minimum absolute atomic E-state index is 0.0220. The van der Waals surface area contributed by atoms with Crippen LogP contribution in [-0.4, -0.2) is 66.5 Å². The molecule has 3 rings (SSSR count). The number of nitrogens with one attached hydrogen (secondary N) is 1. The smallest absolute Gasteiger partial charge is 0.304 e. The van der Waals surface area contributed by atoms with Crippen molar-refractivity contribution in [3.05, 3.63) is 47.2 Å². The van der Waals surface area contributed by atoms with Gasteiger partial charge in [0.25, 0.3) is 0 Å². The number of ether oxygens (including phenoxy) is 1. The van der Waals surface area contributed by atoms with Gasteiger partial charge in [-0.2, -0.15) is 4.31 Å². The zero-order valence-electron chi connectivity index (χ0n) is 20.1. The number of aromatic nitrogens is 2. The summed E-state index contributed by atoms with van der Waals surface area (Å²) in [6.45, 7) is -0.00835. The number of methoxy groups -OCH3 is 1. The molecule has 1 saturated carbocycles. The third-order valence-corrected chi connectivity index (χ3v) is 8.36. The van der Waals surface area contributed by atoms with Crippen molar-refractivity contribution in [1.29, 1.82) is 0 Å². The van der Waals surface area contributed by atoms with Gasteiger partial charge in [0.1, 0.15) is 0 Å². The van der Waals surface area contributed by atoms with E-state index in [0.29, 0.717) is 22.9 Å². The zero-order valence-corrected chi connectivity index (χ0v) is 21.7. The predicted octanol–water partition coefficient (Wildman–Crippen LogP) is 3.54. The summed E-state index contributed by atoms with van der Waals surface area (Å²) in [6, 6.07) is 6.19. The second-order valence-corrected chi connectivity index (χ2v) is 11.1. The van der Waals surface area contributed by atoms with Crippen LogP contribution in [0.4, 0.5) is 5.95 Å². The van der Waals surface area contributed by atoms with Crippen LogP contribution in [0, 0.1) is 5.92 Å². The number of halogens is 1. The lowest BCUT2D eigenvalue weighted by atomic mass is 9.87. The summed E-state index contributed by atoms with van der Waals surface area (Å²) >= 11 is 5.83. The van der Waals surface area contributed by atoms with Crippen LogP contribution in [0.1, 0.15) is 50.0 Å². The molecule has 1 amide bonds. The van der Waals surface area contributed by atoms with Gasteiger partial charge >= 0.3 is 5.97 Å². The van der Waals surface area contributed by atoms with Gasteiger partial charge in [-0.25, -0.2) is 18.4 Å². The molecule has 2 aromatic rings. The van der Waals surface area contributed by atoms with E-state index in [1.807, 2.05) is 0 Å². The highest BCUT2D eigenvalue weighted by Crippen LogP contribution is 2.35. The van der Waals surface area contributed by atoms with Crippen molar-refractivity contribution in [1.82, 2.24) is 14.3 Å². The molecule has 36 heavy (non-hydrogen) atoms. The molecular formula is C24H31ClN4O6S. The number of amides is 1. The zero-order chi connectivity index (χ0) is 26.1. The first kappa shape index (κ1) is 28.0. The van der Waals surface area contributed by atoms with E-state index in [0.717, 1.165) is 30.0 Å². The van der Waals surface area contributed by atoms with Crippen molar-refractivity contribution in [3.8, 4) is 0 Å². The minimum atomic E-state index is -3.95. The van der Waals surface area contributed by atoms with E-state index in [-0.39, 0.29) is 42.9 Å². The molecule has 1 fully saturated rings. The molecule has 196 valence electrons. The van der Waals surface area contributed by atoms with Gasteiger partial charge in [-0.1, -0.05) is 49.4 Å². The van der Waals surface area contributed by atoms with Crippen LogP contribution >= 0.6 is 11.6 Å². The van der Waals surface area contributed by atoms with Crippen molar-refractivity contribution in [2.24, 2.45) is 5.92 Å². The van der Waals surface area contributed by atoms with Crippen LogP contribution < -0.4 is 5.32 Å². The number of carbonyl (C=O) groups is 2. The van der Waals surface area contributed by atoms with E-state index in [1.165, 1.54) is 31.6 Å². The number of rotatable bonds is 13. The van der Waals surface area contributed by atoms with Crippen LogP contribution in [-0.2, 0) is 24.3 Å². The number of benzene rings is 1. The van der Waals surface area contributed by atoms with Gasteiger partial charge < -0.3 is 9.84 Å². The van der Waals surface area contributed by atoms with Gasteiger partial charge in [0.05, 0.1) is 41.3 Å². The number of sulfonamides is 1. The van der Waals surface area contributed by atoms with Crippen molar-refractivity contribution in [2.75, 3.05) is 32.1 Å². The van der Waals surface area contributed by atoms with E-state index in [2.05, 4.69) is 15.3 Å². The number of carboxylic acids is 1. The third kappa shape index (κ3) is 7.70. The molecule has 0 radical (unpaired) electrons. The molecule has 0 saturated heterocycles. The Balaban J connectivity index is 1.83. The fraction of sp³-hybridized carbons (Fsp3) is 0.500. The van der Waals surface area contributed by atoms with Crippen molar-refractivity contribution >= 4 is 39.4 Å². The number of carbonyl (C=O) groups excluding carboxylic acids is 1. The van der Waals surface area contributed by atoms with Crippen molar-refractivity contribution in [2.45, 2.75) is 49.3 Å². The first-order chi connectivity index (χ1) is 17.2. The molecule has 1 atom stereocenters. The van der Waals surface area contributed by atoms with Gasteiger partial charge in [0.2, 0.25) is 21.9 Å². The maximum absolute atomic E-state index is 13.2. The molecule has 10 nitrogen and oxygen atoms in total. The summed E-state index contributed by atoms with van der Waals surface area (Å²) < 4.78 is 32.5. The number of hydrogen-bond donors (Lipinski definition) is 2. The maximum atomic E-state index is 13.2. The van der Waals surface area contributed by atoms with Crippen LogP contribution in [0.3, 0.4) is 0 Å². The summed E-state index contributed by atoms with van der Waals surface area (Å²) in [4.78, 5) is 32.3. The predicted molar refractivity (Wildman–Crippen MR) is 134 cm³/mol. The average Bonchev–Trinajstić information content (AvgIpc) is 3.37. The fourth-order valence-electron chi connectivity index (χ4n) is 4.33. The Bertz CT molecular complexity index is 1120. The minimum Gasteiger partial charge on any atom is -0.481 e. The van der Waals surface area contributed by atoms with Crippen LogP contribution in [0.25, 0.3) is 0 Å². The first-order valence-corrected chi connectivity index (χ1v) is 13.6. The third-order valence-electron chi connectivity index (χ3n) is 6.26. The molecule has 0 spiro atoms. The topological polar surface area (TPSA) is 139 Å². The quantitative estimate of drug-likeness (QED) is 0.395. The van der Waals surface area contributed by atoms with E-state index in [9.17, 15) is 18.0 Å². The number of nitrogens with zero attached hydrogens (tertiary/aromatic N) is 3. The summed E-state index contributed by atoms with van der Waals surface area (Å²) in [5.41, 5.74) is 0.682. The molecule has 0 aliphatic heterocycles. The molecule has 2 N–H and O–H groups in total. The molecule has 0 bridgehead atoms. The van der Waals surface area contributed by atoms with Crippen LogP contribution in [0.15, 0.2) is 41.6 Å². The number of anilines is 1. The summed E-state index contributed by atoms with van der Waals surface area (Å²) in [7, 11) is -2.50. The lowest BCUT2D eigenvalue weighted by Gasteiger charge is -2.23. The Morgan fingerprint density at radius 3 is 2.39 bits per heavy atom. The Morgan fingerprint density at radius 2 is 1.81 bits per heavy atom. The van der Waals surface area contributed by atoms with Gasteiger partial charge in [-0.05, 0) is 30.0 Å². The van der Waals surface area contributed by atoms with Crippen LogP contribution in [0.5, 0.6) is 0 Å². The highest BCUT2D eigenvalue weighted by Gasteiger charge is 2.29. The highest BCUT2D eigenvalue weighted by molar-refractivity contribution is 7.89. The fourth-order valence-corrected chi connectivity index (χ4v) is 5.86. The second-order valence-electron chi connectivity index (χ2n) is 8.76. The number of carboxylic acid groups (broad SMARTS) is 1. The van der Waals surface area contributed by atoms with Gasteiger partial charge in [0, 0.05) is 20.2 Å². The Labute approximate surface area is 216 Å². The molecule has 1 aliphatic carbocycles. The summed E-state index contributed by atoms with van der Waals surface area (Å²) in [6.07, 6.45) is 7.46. The summed E-state index contributed by atoms with van der Waals surface area (Å²) in [5.74, 6) is -1.33.